The molecule has 2 N–H and O–H groups in total. The molecule has 1 fully saturated rings. The Balaban J connectivity index is 1.36. The van der Waals surface area contributed by atoms with E-state index in [2.05, 4.69) is 29.4 Å². The molecule has 1 heterocycles. The molecule has 0 bridgehead atoms. The van der Waals surface area contributed by atoms with Gasteiger partial charge in [0.2, 0.25) is 0 Å². The number of hydrogen-bond acceptors (Lipinski definition) is 4. The zero-order valence-electron chi connectivity index (χ0n) is 20.3. The van der Waals surface area contributed by atoms with Gasteiger partial charge in [-0.15, -0.1) is 0 Å². The van der Waals surface area contributed by atoms with Crippen LogP contribution in [0.5, 0.6) is 0 Å². The van der Waals surface area contributed by atoms with E-state index in [-0.39, 0.29) is 16.9 Å². The highest BCUT2D eigenvalue weighted by Gasteiger charge is 2.23. The van der Waals surface area contributed by atoms with Gasteiger partial charge >= 0.3 is 0 Å². The second-order valence-corrected chi connectivity index (χ2v) is 9.83. The van der Waals surface area contributed by atoms with Gasteiger partial charge in [0, 0.05) is 42.3 Å². The Bertz CT molecular complexity index is 1240. The molecule has 6 nitrogen and oxygen atoms in total. The number of piperazine rings is 1. The number of halogens is 1. The molecular weight excluding hydrogens is 492 g/mol. The molecule has 0 spiro atoms. The van der Waals surface area contributed by atoms with Crippen LogP contribution in [0.15, 0.2) is 72.8 Å². The summed E-state index contributed by atoms with van der Waals surface area (Å²) < 4.78 is 0. The zero-order valence-corrected chi connectivity index (χ0v) is 21.9. The van der Waals surface area contributed by atoms with Crippen LogP contribution in [0.1, 0.15) is 46.0 Å². The predicted molar refractivity (Wildman–Crippen MR) is 150 cm³/mol. The van der Waals surface area contributed by atoms with Gasteiger partial charge < -0.3 is 15.1 Å². The third-order valence-corrected chi connectivity index (χ3v) is 6.67. The molecule has 1 aliphatic heterocycles. The van der Waals surface area contributed by atoms with Crippen molar-refractivity contribution in [3.05, 3.63) is 94.5 Å². The van der Waals surface area contributed by atoms with Crippen LogP contribution < -0.4 is 15.5 Å². The summed E-state index contributed by atoms with van der Waals surface area (Å²) in [5.74, 6) is 0.149. The first kappa shape index (κ1) is 25.7. The van der Waals surface area contributed by atoms with Crippen LogP contribution >= 0.6 is 23.8 Å². The van der Waals surface area contributed by atoms with E-state index in [4.69, 9.17) is 23.8 Å². The fourth-order valence-electron chi connectivity index (χ4n) is 4.13. The van der Waals surface area contributed by atoms with E-state index >= 15 is 0 Å². The number of para-hydroxylation sites is 2. The van der Waals surface area contributed by atoms with Gasteiger partial charge in [0.05, 0.1) is 11.4 Å². The SMILES string of the molecule is CC(C)c1ccc(C(=O)NC(=S)Nc2ccccc2N2CCN(C(=O)c3ccc(Cl)cc3)CC2)cc1. The molecule has 0 atom stereocenters. The Kier molecular flexibility index (Phi) is 8.23. The largest absolute Gasteiger partial charge is 0.366 e. The first-order chi connectivity index (χ1) is 17.3. The molecule has 186 valence electrons. The minimum atomic E-state index is -0.255. The van der Waals surface area contributed by atoms with Crippen molar-refractivity contribution < 1.29 is 9.59 Å². The molecular formula is C28H29ClN4O2S. The van der Waals surface area contributed by atoms with E-state index < -0.39 is 0 Å². The normalized spacial score (nSPS) is 13.4. The Morgan fingerprint density at radius 1 is 0.861 bits per heavy atom. The summed E-state index contributed by atoms with van der Waals surface area (Å²) >= 11 is 11.4. The van der Waals surface area contributed by atoms with Gasteiger partial charge in [0.15, 0.2) is 5.11 Å². The fraction of sp³-hybridized carbons (Fsp3) is 0.250. The summed E-state index contributed by atoms with van der Waals surface area (Å²) in [6.07, 6.45) is 0. The van der Waals surface area contributed by atoms with E-state index in [0.717, 1.165) is 11.4 Å². The Morgan fingerprint density at radius 2 is 1.47 bits per heavy atom. The number of hydrogen-bond donors (Lipinski definition) is 2. The first-order valence-electron chi connectivity index (χ1n) is 11.9. The van der Waals surface area contributed by atoms with Gasteiger partial charge in [-0.1, -0.05) is 49.7 Å². The van der Waals surface area contributed by atoms with Gasteiger partial charge in [-0.3, -0.25) is 14.9 Å². The maximum Gasteiger partial charge on any atom is 0.257 e. The van der Waals surface area contributed by atoms with Crippen molar-refractivity contribution in [1.29, 1.82) is 0 Å². The monoisotopic (exact) mass is 520 g/mol. The highest BCUT2D eigenvalue weighted by molar-refractivity contribution is 7.80. The summed E-state index contributed by atoms with van der Waals surface area (Å²) in [5, 5.41) is 6.78. The van der Waals surface area contributed by atoms with Gasteiger partial charge in [0.1, 0.15) is 0 Å². The second kappa shape index (κ2) is 11.5. The van der Waals surface area contributed by atoms with Crippen molar-refractivity contribution in [1.82, 2.24) is 10.2 Å². The Labute approximate surface area is 222 Å². The van der Waals surface area contributed by atoms with E-state index in [0.29, 0.717) is 48.2 Å². The van der Waals surface area contributed by atoms with Crippen molar-refractivity contribution in [2.45, 2.75) is 19.8 Å². The average Bonchev–Trinajstić information content (AvgIpc) is 2.89. The molecule has 3 aromatic rings. The number of carbonyl (C=O) groups excluding carboxylic acids is 2. The quantitative estimate of drug-likeness (QED) is 0.432. The second-order valence-electron chi connectivity index (χ2n) is 8.99. The highest BCUT2D eigenvalue weighted by Crippen LogP contribution is 2.27. The number of nitrogens with one attached hydrogen (secondary N) is 2. The lowest BCUT2D eigenvalue weighted by Crippen LogP contribution is -2.49. The van der Waals surface area contributed by atoms with Crippen LogP contribution in [-0.4, -0.2) is 48.0 Å². The minimum absolute atomic E-state index is 0.00282. The average molecular weight is 521 g/mol. The van der Waals surface area contributed by atoms with Crippen molar-refractivity contribution in [3.63, 3.8) is 0 Å². The lowest BCUT2D eigenvalue weighted by Gasteiger charge is -2.37. The van der Waals surface area contributed by atoms with Gasteiger partial charge in [-0.25, -0.2) is 0 Å². The van der Waals surface area contributed by atoms with E-state index in [1.807, 2.05) is 53.4 Å². The van der Waals surface area contributed by atoms with Crippen LogP contribution in [-0.2, 0) is 0 Å². The molecule has 0 radical (unpaired) electrons. The number of rotatable bonds is 5. The van der Waals surface area contributed by atoms with Crippen molar-refractivity contribution in [2.75, 3.05) is 36.4 Å². The minimum Gasteiger partial charge on any atom is -0.366 e. The van der Waals surface area contributed by atoms with E-state index in [9.17, 15) is 9.59 Å². The number of anilines is 2. The highest BCUT2D eigenvalue weighted by atomic mass is 35.5. The van der Waals surface area contributed by atoms with Crippen molar-refractivity contribution in [2.24, 2.45) is 0 Å². The molecule has 0 saturated carbocycles. The molecule has 8 heteroatoms. The van der Waals surface area contributed by atoms with Crippen LogP contribution in [0.4, 0.5) is 11.4 Å². The van der Waals surface area contributed by atoms with Crippen molar-refractivity contribution >= 4 is 52.1 Å². The maximum absolute atomic E-state index is 12.8. The van der Waals surface area contributed by atoms with Gasteiger partial charge in [0.25, 0.3) is 11.8 Å². The number of amides is 2. The molecule has 36 heavy (non-hydrogen) atoms. The summed E-state index contributed by atoms with van der Waals surface area (Å²) in [7, 11) is 0. The van der Waals surface area contributed by atoms with Crippen LogP contribution in [0.3, 0.4) is 0 Å². The number of carbonyl (C=O) groups is 2. The van der Waals surface area contributed by atoms with Crippen LogP contribution in [0.25, 0.3) is 0 Å². The molecule has 1 aliphatic rings. The summed E-state index contributed by atoms with van der Waals surface area (Å²) in [4.78, 5) is 29.6. The fourth-order valence-corrected chi connectivity index (χ4v) is 4.46. The van der Waals surface area contributed by atoms with Gasteiger partial charge in [-0.2, -0.15) is 0 Å². The Morgan fingerprint density at radius 3 is 2.11 bits per heavy atom. The lowest BCUT2D eigenvalue weighted by atomic mass is 10.0. The number of benzene rings is 3. The topological polar surface area (TPSA) is 64.7 Å². The first-order valence-corrected chi connectivity index (χ1v) is 12.7. The number of nitrogens with zero attached hydrogens (tertiary/aromatic N) is 2. The predicted octanol–water partition coefficient (Wildman–Crippen LogP) is 5.55. The zero-order chi connectivity index (χ0) is 25.7. The molecule has 0 aromatic heterocycles. The molecule has 1 saturated heterocycles. The van der Waals surface area contributed by atoms with Crippen LogP contribution in [0.2, 0.25) is 5.02 Å². The molecule has 0 aliphatic carbocycles. The van der Waals surface area contributed by atoms with Crippen LogP contribution in [0, 0.1) is 0 Å². The summed E-state index contributed by atoms with van der Waals surface area (Å²) in [6.45, 7) is 6.79. The van der Waals surface area contributed by atoms with Crippen molar-refractivity contribution in [3.8, 4) is 0 Å². The van der Waals surface area contributed by atoms with Gasteiger partial charge in [-0.05, 0) is 72.2 Å². The third-order valence-electron chi connectivity index (χ3n) is 6.22. The maximum atomic E-state index is 12.8. The standard InChI is InChI=1S/C28H29ClN4O2S/c1-19(2)20-7-9-21(10-8-20)26(34)31-28(36)30-24-5-3-4-6-25(24)32-15-17-33(18-16-32)27(35)22-11-13-23(29)14-12-22/h3-14,19H,15-18H2,1-2H3,(H2,30,31,34,36). The van der Waals surface area contributed by atoms with E-state index in [1.54, 1.807) is 24.3 Å². The molecule has 2 amide bonds. The smallest absolute Gasteiger partial charge is 0.257 e. The molecule has 3 aromatic carbocycles. The van der Waals surface area contributed by atoms with E-state index in [1.165, 1.54) is 5.56 Å². The lowest BCUT2D eigenvalue weighted by molar-refractivity contribution is 0.0746. The summed E-state index contributed by atoms with van der Waals surface area (Å²) in [6, 6.07) is 22.3. The summed E-state index contributed by atoms with van der Waals surface area (Å²) in [5.41, 5.74) is 4.13. The molecule has 0 unspecified atom stereocenters. The molecule has 4 rings (SSSR count). The Hall–Kier alpha value is -3.42. The number of thiocarbonyl (C=S) groups is 1. The third kappa shape index (κ3) is 6.22.